The molecule has 0 aromatic carbocycles. The number of aromatic nitrogens is 6. The van der Waals surface area contributed by atoms with Gasteiger partial charge in [0.1, 0.15) is 0 Å². The third kappa shape index (κ3) is 4.57. The number of halogens is 3. The molecule has 0 aliphatic heterocycles. The van der Waals surface area contributed by atoms with Crippen molar-refractivity contribution in [3.63, 3.8) is 0 Å². The van der Waals surface area contributed by atoms with E-state index in [9.17, 15) is 4.79 Å². The molecule has 0 radical (unpaired) electrons. The Kier molecular flexibility index (Phi) is 6.93. The number of hydrogen-bond acceptors (Lipinski definition) is 7. The monoisotopic (exact) mass is 470 g/mol. The number of hydrogen-bond donors (Lipinski definition) is 2. The highest BCUT2D eigenvalue weighted by atomic mass is 35.5. The Balaban J connectivity index is 0.000000177. The number of methoxy groups -OCH3 is 1. The van der Waals surface area contributed by atoms with E-state index in [1.807, 2.05) is 6.92 Å². The molecule has 4 heterocycles. The second kappa shape index (κ2) is 9.43. The van der Waals surface area contributed by atoms with Gasteiger partial charge in [0.25, 0.3) is 0 Å². The third-order valence-electron chi connectivity index (χ3n) is 4.10. The molecule has 0 saturated carbocycles. The lowest BCUT2D eigenvalue weighted by Crippen LogP contribution is -2.11. The van der Waals surface area contributed by atoms with Crippen LogP contribution >= 0.6 is 34.8 Å². The number of carbonyl (C=O) groups is 1. The molecule has 0 saturated heterocycles. The van der Waals surface area contributed by atoms with E-state index < -0.39 is 0 Å². The Bertz CT molecular complexity index is 1190. The summed E-state index contributed by atoms with van der Waals surface area (Å²) in [6.07, 6.45) is 3.64. The second-order valence-electron chi connectivity index (χ2n) is 5.91. The van der Waals surface area contributed by atoms with E-state index in [1.165, 1.54) is 4.52 Å². The van der Waals surface area contributed by atoms with E-state index in [4.69, 9.17) is 39.5 Å². The fraction of sp³-hybridized carbons (Fsp3) is 0.235. The molecule has 158 valence electrons. The summed E-state index contributed by atoms with van der Waals surface area (Å²) in [5.41, 5.74) is 3.26. The van der Waals surface area contributed by atoms with E-state index >= 15 is 0 Å². The molecule has 4 rings (SSSR count). The molecule has 1 atom stereocenters. The van der Waals surface area contributed by atoms with Crippen LogP contribution in [0.4, 0.5) is 11.4 Å². The van der Waals surface area contributed by atoms with Gasteiger partial charge in [0, 0.05) is 20.2 Å². The van der Waals surface area contributed by atoms with Gasteiger partial charge in [0.05, 0.1) is 40.6 Å². The van der Waals surface area contributed by atoms with Crippen LogP contribution in [0.15, 0.2) is 24.5 Å². The molecular formula is C17H17Cl3N8O2. The lowest BCUT2D eigenvalue weighted by molar-refractivity contribution is -0.105. The molecule has 1 amide bonds. The third-order valence-corrected chi connectivity index (χ3v) is 4.72. The van der Waals surface area contributed by atoms with Gasteiger partial charge in [-0.15, -0.1) is 5.10 Å². The average molecular weight is 472 g/mol. The summed E-state index contributed by atoms with van der Waals surface area (Å²) >= 11 is 17.4. The van der Waals surface area contributed by atoms with Gasteiger partial charge in [-0.05, 0) is 24.6 Å². The predicted octanol–water partition coefficient (Wildman–Crippen LogP) is 3.74. The molecule has 4 aromatic rings. The number of fused-ring (bicyclic) bond motifs is 2. The van der Waals surface area contributed by atoms with Crippen molar-refractivity contribution in [2.45, 2.75) is 13.0 Å². The van der Waals surface area contributed by atoms with E-state index in [1.54, 1.807) is 43.2 Å². The first-order chi connectivity index (χ1) is 14.4. The quantitative estimate of drug-likeness (QED) is 0.427. The number of rotatable bonds is 5. The highest BCUT2D eigenvalue weighted by molar-refractivity contribution is 6.34. The van der Waals surface area contributed by atoms with Gasteiger partial charge in [-0.1, -0.05) is 23.2 Å². The van der Waals surface area contributed by atoms with Crippen molar-refractivity contribution < 1.29 is 9.53 Å². The number of anilines is 2. The van der Waals surface area contributed by atoms with Crippen LogP contribution < -0.4 is 10.6 Å². The zero-order valence-electron chi connectivity index (χ0n) is 16.1. The summed E-state index contributed by atoms with van der Waals surface area (Å²) in [7, 11) is 3.38. The van der Waals surface area contributed by atoms with Crippen molar-refractivity contribution in [3.05, 3.63) is 45.7 Å². The van der Waals surface area contributed by atoms with Crippen molar-refractivity contribution in [1.29, 1.82) is 0 Å². The molecule has 0 aliphatic carbocycles. The highest BCUT2D eigenvalue weighted by Gasteiger charge is 2.17. The maximum atomic E-state index is 10.5. The molecule has 1 unspecified atom stereocenters. The predicted molar refractivity (Wildman–Crippen MR) is 116 cm³/mol. The molecule has 0 bridgehead atoms. The van der Waals surface area contributed by atoms with Crippen LogP contribution in [0.25, 0.3) is 11.3 Å². The van der Waals surface area contributed by atoms with E-state index in [0.29, 0.717) is 39.3 Å². The van der Waals surface area contributed by atoms with Gasteiger partial charge in [0.2, 0.25) is 11.7 Å². The van der Waals surface area contributed by atoms with Gasteiger partial charge >= 0.3 is 0 Å². The van der Waals surface area contributed by atoms with E-state index in [2.05, 4.69) is 30.8 Å². The highest BCUT2D eigenvalue weighted by Crippen LogP contribution is 2.26. The first-order valence-corrected chi connectivity index (χ1v) is 9.67. The first-order valence-electron chi connectivity index (χ1n) is 8.54. The van der Waals surface area contributed by atoms with Crippen LogP contribution in [0.1, 0.15) is 18.7 Å². The molecular weight excluding hydrogens is 455 g/mol. The minimum atomic E-state index is -0.251. The van der Waals surface area contributed by atoms with Crippen LogP contribution in [-0.4, -0.2) is 49.8 Å². The number of amides is 1. The Morgan fingerprint density at radius 1 is 1.23 bits per heavy atom. The van der Waals surface area contributed by atoms with E-state index in [-0.39, 0.29) is 11.4 Å². The van der Waals surface area contributed by atoms with Crippen molar-refractivity contribution in [2.75, 3.05) is 24.8 Å². The average Bonchev–Trinajstić information content (AvgIpc) is 3.29. The molecule has 13 heteroatoms. The summed E-state index contributed by atoms with van der Waals surface area (Å²) in [6, 6.07) is 3.40. The summed E-state index contributed by atoms with van der Waals surface area (Å²) in [5.74, 6) is 0. The van der Waals surface area contributed by atoms with Crippen LogP contribution in [-0.2, 0) is 9.53 Å². The SMILES string of the molecule is CNc1cc(Cl)c2nc(Cl)nn2c1.COC(C)c1c(NC=O)cnc2cc(Cl)nn12. The fourth-order valence-electron chi connectivity index (χ4n) is 2.66. The van der Waals surface area contributed by atoms with Gasteiger partial charge in [-0.2, -0.15) is 10.1 Å². The molecule has 10 nitrogen and oxygen atoms in total. The van der Waals surface area contributed by atoms with Crippen molar-refractivity contribution in [3.8, 4) is 0 Å². The molecule has 30 heavy (non-hydrogen) atoms. The number of carbonyl (C=O) groups excluding carboxylic acids is 1. The maximum absolute atomic E-state index is 10.5. The standard InChI is InChI=1S/C10H11ClN4O2.C7H6Cl2N4/c1-6(17-2)10-7(13-5-16)4-12-9-3-8(11)14-15(9)10;1-10-4-2-5(8)6-11-7(9)12-13(6)3-4/h3-6H,1-2H3,(H,13,16);2-3,10H,1H3. The number of nitrogens with zero attached hydrogens (tertiary/aromatic N) is 6. The van der Waals surface area contributed by atoms with E-state index in [0.717, 1.165) is 5.69 Å². The van der Waals surface area contributed by atoms with Crippen LogP contribution in [0.2, 0.25) is 15.5 Å². The Morgan fingerprint density at radius 3 is 2.67 bits per heavy atom. The Morgan fingerprint density at radius 2 is 2.00 bits per heavy atom. The Labute approximate surface area is 186 Å². The van der Waals surface area contributed by atoms with Gasteiger partial charge in [-0.3, -0.25) is 4.79 Å². The van der Waals surface area contributed by atoms with Gasteiger partial charge in [0.15, 0.2) is 16.4 Å². The molecule has 0 spiro atoms. The zero-order valence-corrected chi connectivity index (χ0v) is 18.4. The topological polar surface area (TPSA) is 111 Å². The van der Waals surface area contributed by atoms with Crippen molar-refractivity contribution >= 4 is 63.9 Å². The zero-order chi connectivity index (χ0) is 21.8. The van der Waals surface area contributed by atoms with Crippen LogP contribution in [0.3, 0.4) is 0 Å². The van der Waals surface area contributed by atoms with Crippen LogP contribution in [0.5, 0.6) is 0 Å². The normalized spacial score (nSPS) is 11.8. The second-order valence-corrected chi connectivity index (χ2v) is 7.04. The number of nitrogens with one attached hydrogen (secondary N) is 2. The molecule has 0 aliphatic rings. The molecule has 2 N–H and O–H groups in total. The molecule has 0 fully saturated rings. The van der Waals surface area contributed by atoms with Crippen molar-refractivity contribution in [2.24, 2.45) is 0 Å². The first kappa shape index (κ1) is 22.0. The maximum Gasteiger partial charge on any atom is 0.243 e. The summed E-state index contributed by atoms with van der Waals surface area (Å²) in [6.45, 7) is 1.85. The minimum absolute atomic E-state index is 0.190. The fourth-order valence-corrected chi connectivity index (χ4v) is 3.24. The lowest BCUT2D eigenvalue weighted by Gasteiger charge is -2.15. The van der Waals surface area contributed by atoms with Gasteiger partial charge < -0.3 is 15.4 Å². The Hall–Kier alpha value is -2.66. The minimum Gasteiger partial charge on any atom is -0.387 e. The summed E-state index contributed by atoms with van der Waals surface area (Å²) in [4.78, 5) is 18.6. The van der Waals surface area contributed by atoms with Crippen LogP contribution in [0, 0.1) is 0 Å². The number of pyridine rings is 1. The number of ether oxygens (including phenoxy) is 1. The van der Waals surface area contributed by atoms with Gasteiger partial charge in [-0.25, -0.2) is 14.0 Å². The van der Waals surface area contributed by atoms with Crippen molar-refractivity contribution in [1.82, 2.24) is 29.2 Å². The lowest BCUT2D eigenvalue weighted by atomic mass is 10.2. The summed E-state index contributed by atoms with van der Waals surface area (Å²) in [5, 5.41) is 14.6. The largest absolute Gasteiger partial charge is 0.387 e. The smallest absolute Gasteiger partial charge is 0.243 e. The summed E-state index contributed by atoms with van der Waals surface area (Å²) < 4.78 is 8.35. The molecule has 4 aromatic heterocycles.